The van der Waals surface area contributed by atoms with Crippen molar-refractivity contribution in [3.05, 3.63) is 69.9 Å². The lowest BCUT2D eigenvalue weighted by atomic mass is 10.2. The molecule has 0 bridgehead atoms. The third-order valence-electron chi connectivity index (χ3n) is 4.25. The van der Waals surface area contributed by atoms with E-state index in [0.717, 1.165) is 0 Å². The molecule has 2 heterocycles. The average molecular weight is 412 g/mol. The first-order valence-electron chi connectivity index (χ1n) is 8.99. The number of hydrogen-bond acceptors (Lipinski definition) is 6. The van der Waals surface area contributed by atoms with Crippen LogP contribution in [0.4, 0.5) is 21.9 Å². The van der Waals surface area contributed by atoms with Gasteiger partial charge in [0.05, 0.1) is 17.7 Å². The van der Waals surface area contributed by atoms with E-state index in [1.807, 2.05) is 0 Å². The molecule has 3 amide bonds. The van der Waals surface area contributed by atoms with Gasteiger partial charge in [-0.05, 0) is 50.2 Å². The van der Waals surface area contributed by atoms with Crippen LogP contribution in [-0.2, 0) is 17.9 Å². The van der Waals surface area contributed by atoms with Gasteiger partial charge >= 0.3 is 11.7 Å². The smallest absolute Gasteiger partial charge is 0.319 e. The molecular formula is C19H20N6O5. The summed E-state index contributed by atoms with van der Waals surface area (Å²) >= 11 is 0. The van der Waals surface area contributed by atoms with Gasteiger partial charge in [-0.1, -0.05) is 0 Å². The minimum atomic E-state index is -0.511. The molecular weight excluding hydrogens is 392 g/mol. The average Bonchev–Trinajstić information content (AvgIpc) is 3.29. The van der Waals surface area contributed by atoms with Crippen molar-refractivity contribution in [1.29, 1.82) is 0 Å². The highest BCUT2D eigenvalue weighted by atomic mass is 16.6. The fraction of sp³-hybridized carbons (Fsp3) is 0.211. The number of nitrogens with zero attached hydrogens (tertiary/aromatic N) is 3. The van der Waals surface area contributed by atoms with Crippen molar-refractivity contribution in [1.82, 2.24) is 15.1 Å². The van der Waals surface area contributed by atoms with E-state index in [4.69, 9.17) is 4.42 Å². The van der Waals surface area contributed by atoms with Crippen LogP contribution in [0, 0.1) is 24.0 Å². The van der Waals surface area contributed by atoms with E-state index in [2.05, 4.69) is 21.0 Å². The van der Waals surface area contributed by atoms with Gasteiger partial charge in [-0.3, -0.25) is 19.6 Å². The van der Waals surface area contributed by atoms with E-state index in [0.29, 0.717) is 22.8 Å². The summed E-state index contributed by atoms with van der Waals surface area (Å²) in [5.41, 5.74) is 1.53. The summed E-state index contributed by atoms with van der Waals surface area (Å²) in [4.78, 5) is 34.7. The summed E-state index contributed by atoms with van der Waals surface area (Å²) in [7, 11) is 0. The lowest BCUT2D eigenvalue weighted by Gasteiger charge is -2.09. The van der Waals surface area contributed by atoms with Gasteiger partial charge in [0.1, 0.15) is 23.7 Å². The summed E-state index contributed by atoms with van der Waals surface area (Å²) in [5.74, 6) is 0.253. The molecule has 0 aliphatic carbocycles. The van der Waals surface area contributed by atoms with Crippen LogP contribution in [0.5, 0.6) is 0 Å². The highest BCUT2D eigenvalue weighted by Gasteiger charge is 2.22. The van der Waals surface area contributed by atoms with Crippen molar-refractivity contribution in [3.8, 4) is 0 Å². The van der Waals surface area contributed by atoms with Gasteiger partial charge in [-0.15, -0.1) is 0 Å². The van der Waals surface area contributed by atoms with Gasteiger partial charge in [0.15, 0.2) is 0 Å². The van der Waals surface area contributed by atoms with E-state index >= 15 is 0 Å². The fourth-order valence-corrected chi connectivity index (χ4v) is 2.83. The van der Waals surface area contributed by atoms with Crippen LogP contribution in [0.2, 0.25) is 0 Å². The quantitative estimate of drug-likeness (QED) is 0.402. The van der Waals surface area contributed by atoms with Gasteiger partial charge in [0.2, 0.25) is 5.91 Å². The largest absolute Gasteiger partial charge is 0.467 e. The van der Waals surface area contributed by atoms with Gasteiger partial charge in [-0.25, -0.2) is 4.79 Å². The monoisotopic (exact) mass is 412 g/mol. The summed E-state index contributed by atoms with van der Waals surface area (Å²) < 4.78 is 6.43. The molecule has 2 aromatic heterocycles. The van der Waals surface area contributed by atoms with Crippen LogP contribution in [0.25, 0.3) is 0 Å². The molecule has 3 rings (SSSR count). The van der Waals surface area contributed by atoms with Crippen molar-refractivity contribution in [2.45, 2.75) is 26.9 Å². The zero-order valence-corrected chi connectivity index (χ0v) is 16.3. The number of carbonyl (C=O) groups excluding carboxylic acids is 2. The first-order valence-corrected chi connectivity index (χ1v) is 8.99. The first kappa shape index (κ1) is 20.6. The molecule has 3 N–H and O–H groups in total. The first-order chi connectivity index (χ1) is 14.3. The van der Waals surface area contributed by atoms with Gasteiger partial charge in [-0.2, -0.15) is 5.10 Å². The van der Waals surface area contributed by atoms with Crippen LogP contribution in [-0.4, -0.2) is 26.6 Å². The van der Waals surface area contributed by atoms with Crippen LogP contribution in [0.1, 0.15) is 17.1 Å². The van der Waals surface area contributed by atoms with E-state index in [1.54, 1.807) is 43.3 Å². The molecule has 30 heavy (non-hydrogen) atoms. The molecule has 0 aliphatic heterocycles. The number of rotatable bonds is 7. The van der Waals surface area contributed by atoms with E-state index < -0.39 is 11.0 Å². The molecule has 0 unspecified atom stereocenters. The minimum absolute atomic E-state index is 0.0939. The summed E-state index contributed by atoms with van der Waals surface area (Å²) in [5, 5.41) is 23.1. The van der Waals surface area contributed by atoms with Crippen molar-refractivity contribution in [2.24, 2.45) is 0 Å². The second-order valence-electron chi connectivity index (χ2n) is 6.45. The van der Waals surface area contributed by atoms with E-state index in [9.17, 15) is 19.7 Å². The third kappa shape index (κ3) is 5.01. The Morgan fingerprint density at radius 1 is 1.13 bits per heavy atom. The number of aromatic nitrogens is 2. The SMILES string of the molecule is Cc1nn(CC(=O)Nc2ccc(NC(=O)NCc3ccco3)cc2)c(C)c1[N+](=O)[O-]. The van der Waals surface area contributed by atoms with Crippen molar-refractivity contribution in [2.75, 3.05) is 10.6 Å². The number of aryl methyl sites for hydroxylation is 1. The van der Waals surface area contributed by atoms with E-state index in [-0.39, 0.29) is 30.4 Å². The van der Waals surface area contributed by atoms with Crippen LogP contribution in [0.3, 0.4) is 0 Å². The molecule has 0 spiro atoms. The second kappa shape index (κ2) is 8.90. The zero-order chi connectivity index (χ0) is 21.7. The summed E-state index contributed by atoms with van der Waals surface area (Å²) in [6, 6.07) is 9.62. The molecule has 11 nitrogen and oxygen atoms in total. The number of urea groups is 1. The zero-order valence-electron chi connectivity index (χ0n) is 16.3. The lowest BCUT2D eigenvalue weighted by Crippen LogP contribution is -2.28. The predicted octanol–water partition coefficient (Wildman–Crippen LogP) is 2.96. The summed E-state index contributed by atoms with van der Waals surface area (Å²) in [6.45, 7) is 3.17. The molecule has 0 saturated carbocycles. The number of anilines is 2. The number of hydrogen-bond donors (Lipinski definition) is 3. The Hall–Kier alpha value is -4.15. The molecule has 0 radical (unpaired) electrons. The Bertz CT molecular complexity index is 1060. The Labute approximate surface area is 171 Å². The predicted molar refractivity (Wildman–Crippen MR) is 108 cm³/mol. The Morgan fingerprint density at radius 2 is 1.80 bits per heavy atom. The normalized spacial score (nSPS) is 10.5. The van der Waals surface area contributed by atoms with Gasteiger partial charge < -0.3 is 20.4 Å². The molecule has 3 aromatic rings. The Kier molecular flexibility index (Phi) is 6.11. The standard InChI is InChI=1S/C19H20N6O5/c1-12-18(25(28)29)13(2)24(23-12)11-17(26)21-14-5-7-15(8-6-14)22-19(27)20-10-16-4-3-9-30-16/h3-9H,10-11H2,1-2H3,(H,21,26)(H2,20,22,27). The maximum atomic E-state index is 12.3. The van der Waals surface area contributed by atoms with Gasteiger partial charge in [0, 0.05) is 11.4 Å². The molecule has 0 fully saturated rings. The second-order valence-corrected chi connectivity index (χ2v) is 6.45. The lowest BCUT2D eigenvalue weighted by molar-refractivity contribution is -0.386. The number of nitro groups is 1. The van der Waals surface area contributed by atoms with Crippen LogP contribution in [0.15, 0.2) is 47.1 Å². The number of benzene rings is 1. The molecule has 1 aromatic carbocycles. The minimum Gasteiger partial charge on any atom is -0.467 e. The topological polar surface area (TPSA) is 144 Å². The van der Waals surface area contributed by atoms with Crippen molar-refractivity contribution < 1.29 is 18.9 Å². The maximum absolute atomic E-state index is 12.3. The van der Waals surface area contributed by atoms with Crippen molar-refractivity contribution in [3.63, 3.8) is 0 Å². The van der Waals surface area contributed by atoms with Crippen LogP contribution < -0.4 is 16.0 Å². The highest BCUT2D eigenvalue weighted by molar-refractivity contribution is 5.92. The maximum Gasteiger partial charge on any atom is 0.319 e. The number of furan rings is 1. The van der Waals surface area contributed by atoms with E-state index in [1.165, 1.54) is 17.9 Å². The Morgan fingerprint density at radius 3 is 2.37 bits per heavy atom. The number of carbonyl (C=O) groups is 2. The van der Waals surface area contributed by atoms with Crippen molar-refractivity contribution >= 4 is 29.0 Å². The molecule has 0 aliphatic rings. The Balaban J connectivity index is 1.52. The summed E-state index contributed by atoms with van der Waals surface area (Å²) in [6.07, 6.45) is 1.53. The van der Waals surface area contributed by atoms with Gasteiger partial charge in [0.25, 0.3) is 0 Å². The molecule has 0 saturated heterocycles. The third-order valence-corrected chi connectivity index (χ3v) is 4.25. The van der Waals surface area contributed by atoms with Crippen LogP contribution >= 0.6 is 0 Å². The molecule has 11 heteroatoms. The fourth-order valence-electron chi connectivity index (χ4n) is 2.83. The molecule has 156 valence electrons. The number of nitrogens with one attached hydrogen (secondary N) is 3. The molecule has 0 atom stereocenters. The number of amides is 3. The highest BCUT2D eigenvalue weighted by Crippen LogP contribution is 2.21.